The molecule has 0 amide bonds. The second kappa shape index (κ2) is 15.5. The molecule has 0 bridgehead atoms. The van der Waals surface area contributed by atoms with Gasteiger partial charge in [0.05, 0.1) is 32.5 Å². The maximum Gasteiger partial charge on any atom is 0.121 e. The number of hydrogen-bond acceptors (Lipinski definition) is 6. The van der Waals surface area contributed by atoms with Gasteiger partial charge in [0.1, 0.15) is 5.75 Å². The van der Waals surface area contributed by atoms with Crippen LogP contribution in [0.1, 0.15) is 48.5 Å². The van der Waals surface area contributed by atoms with E-state index in [9.17, 15) is 15.3 Å². The number of aliphatic hydroxyl groups excluding tert-OH is 2. The van der Waals surface area contributed by atoms with Crippen LogP contribution in [0.2, 0.25) is 10.0 Å². The Hall–Kier alpha value is -1.38. The van der Waals surface area contributed by atoms with Crippen LogP contribution >= 0.6 is 23.2 Å². The van der Waals surface area contributed by atoms with E-state index in [1.807, 2.05) is 6.07 Å². The van der Waals surface area contributed by atoms with Crippen LogP contribution in [-0.4, -0.2) is 48.2 Å². The highest BCUT2D eigenvalue weighted by molar-refractivity contribution is 6.35. The van der Waals surface area contributed by atoms with Crippen molar-refractivity contribution in [1.82, 2.24) is 5.32 Å². The van der Waals surface area contributed by atoms with E-state index in [1.165, 1.54) is 6.07 Å². The zero-order chi connectivity index (χ0) is 23.2. The molecule has 2 aromatic rings. The fourth-order valence-corrected chi connectivity index (χ4v) is 3.67. The van der Waals surface area contributed by atoms with Crippen molar-refractivity contribution in [3.05, 3.63) is 63.1 Å². The summed E-state index contributed by atoms with van der Waals surface area (Å²) >= 11 is 12.2. The molecular formula is C24H33Cl2NO5. The molecule has 0 spiro atoms. The van der Waals surface area contributed by atoms with Gasteiger partial charge in [0, 0.05) is 34.3 Å². The Morgan fingerprint density at radius 3 is 2.38 bits per heavy atom. The molecule has 8 heteroatoms. The summed E-state index contributed by atoms with van der Waals surface area (Å²) in [6.45, 7) is 3.11. The largest absolute Gasteiger partial charge is 0.508 e. The first-order valence-corrected chi connectivity index (χ1v) is 11.7. The standard InChI is InChI=1S/C24H33Cl2NO5/c25-21-6-5-7-22(26)20(21)17-32-13-12-31-11-4-2-1-3-10-27-15-24(30)18-8-9-23(29)19(14-18)16-28/h5-9,14,24,27-30H,1-4,10-13,15-17H2/t24-/m1/s1. The van der Waals surface area contributed by atoms with E-state index in [0.29, 0.717) is 54.1 Å². The maximum absolute atomic E-state index is 10.2. The molecule has 0 saturated carbocycles. The summed E-state index contributed by atoms with van der Waals surface area (Å²) in [4.78, 5) is 0. The second-order valence-electron chi connectivity index (χ2n) is 7.55. The van der Waals surface area contributed by atoms with E-state index in [2.05, 4.69) is 5.32 Å². The van der Waals surface area contributed by atoms with Crippen LogP contribution in [-0.2, 0) is 22.7 Å². The van der Waals surface area contributed by atoms with Crippen molar-refractivity contribution in [2.45, 2.75) is 45.0 Å². The van der Waals surface area contributed by atoms with Crippen molar-refractivity contribution in [3.8, 4) is 5.75 Å². The molecule has 0 aliphatic rings. The van der Waals surface area contributed by atoms with Crippen LogP contribution in [0, 0.1) is 0 Å². The highest BCUT2D eigenvalue weighted by atomic mass is 35.5. The molecule has 0 saturated heterocycles. The van der Waals surface area contributed by atoms with E-state index in [1.54, 1.807) is 24.3 Å². The van der Waals surface area contributed by atoms with Gasteiger partial charge in [0.25, 0.3) is 0 Å². The van der Waals surface area contributed by atoms with Crippen molar-refractivity contribution >= 4 is 23.2 Å². The minimum absolute atomic E-state index is 0.0370. The van der Waals surface area contributed by atoms with E-state index in [0.717, 1.165) is 37.8 Å². The number of benzene rings is 2. The normalized spacial score (nSPS) is 12.2. The summed E-state index contributed by atoms with van der Waals surface area (Å²) in [5, 5.41) is 33.5. The molecule has 6 nitrogen and oxygen atoms in total. The van der Waals surface area contributed by atoms with E-state index >= 15 is 0 Å². The lowest BCUT2D eigenvalue weighted by Crippen LogP contribution is -2.22. The molecule has 0 heterocycles. The summed E-state index contributed by atoms with van der Waals surface area (Å²) in [6, 6.07) is 10.2. The average molecular weight is 486 g/mol. The molecule has 0 aliphatic carbocycles. The number of rotatable bonds is 16. The van der Waals surface area contributed by atoms with Gasteiger partial charge < -0.3 is 30.1 Å². The lowest BCUT2D eigenvalue weighted by molar-refractivity contribution is 0.0393. The summed E-state index contributed by atoms with van der Waals surface area (Å²) in [5.74, 6) is 0.0370. The Bertz CT molecular complexity index is 786. The first-order valence-electron chi connectivity index (χ1n) is 10.9. The molecule has 2 aromatic carbocycles. The van der Waals surface area contributed by atoms with Crippen LogP contribution < -0.4 is 5.32 Å². The lowest BCUT2D eigenvalue weighted by Gasteiger charge is -2.14. The Balaban J connectivity index is 1.42. The molecular weight excluding hydrogens is 453 g/mol. The van der Waals surface area contributed by atoms with Crippen LogP contribution in [0.25, 0.3) is 0 Å². The van der Waals surface area contributed by atoms with Gasteiger partial charge in [0.2, 0.25) is 0 Å². The number of aliphatic hydroxyl groups is 2. The molecule has 178 valence electrons. The first kappa shape index (κ1) is 26.9. The van der Waals surface area contributed by atoms with Crippen LogP contribution in [0.4, 0.5) is 0 Å². The summed E-state index contributed by atoms with van der Waals surface area (Å²) in [7, 11) is 0. The fraction of sp³-hybridized carbons (Fsp3) is 0.500. The van der Waals surface area contributed by atoms with Crippen molar-refractivity contribution in [2.75, 3.05) is 32.9 Å². The van der Waals surface area contributed by atoms with Gasteiger partial charge in [-0.05, 0) is 49.2 Å². The number of unbranched alkanes of at least 4 members (excludes halogenated alkanes) is 3. The highest BCUT2D eigenvalue weighted by Gasteiger charge is 2.10. The molecule has 0 aromatic heterocycles. The Morgan fingerprint density at radius 2 is 1.62 bits per heavy atom. The van der Waals surface area contributed by atoms with Gasteiger partial charge >= 0.3 is 0 Å². The third-order valence-electron chi connectivity index (χ3n) is 5.07. The summed E-state index contributed by atoms with van der Waals surface area (Å²) < 4.78 is 11.2. The Kier molecular flexibility index (Phi) is 13.0. The highest BCUT2D eigenvalue weighted by Crippen LogP contribution is 2.25. The van der Waals surface area contributed by atoms with Gasteiger partial charge in [-0.15, -0.1) is 0 Å². The van der Waals surface area contributed by atoms with Gasteiger partial charge in [-0.25, -0.2) is 0 Å². The molecule has 2 rings (SSSR count). The fourth-order valence-electron chi connectivity index (χ4n) is 3.17. The molecule has 0 fully saturated rings. The zero-order valence-electron chi connectivity index (χ0n) is 18.2. The third-order valence-corrected chi connectivity index (χ3v) is 5.78. The topological polar surface area (TPSA) is 91.2 Å². The number of halogens is 2. The van der Waals surface area contributed by atoms with Crippen molar-refractivity contribution in [1.29, 1.82) is 0 Å². The number of nitrogens with one attached hydrogen (secondary N) is 1. The Morgan fingerprint density at radius 1 is 0.906 bits per heavy atom. The van der Waals surface area contributed by atoms with Crippen molar-refractivity contribution in [2.24, 2.45) is 0 Å². The lowest BCUT2D eigenvalue weighted by atomic mass is 10.1. The molecule has 0 unspecified atom stereocenters. The predicted octanol–water partition coefficient (Wildman–Crippen LogP) is 4.61. The first-order chi connectivity index (χ1) is 15.5. The van der Waals surface area contributed by atoms with Crippen LogP contribution in [0.5, 0.6) is 5.75 Å². The smallest absolute Gasteiger partial charge is 0.121 e. The van der Waals surface area contributed by atoms with Gasteiger partial charge in [-0.2, -0.15) is 0 Å². The monoisotopic (exact) mass is 485 g/mol. The van der Waals surface area contributed by atoms with Gasteiger partial charge in [-0.1, -0.05) is 48.2 Å². The minimum atomic E-state index is -0.675. The van der Waals surface area contributed by atoms with Crippen molar-refractivity contribution < 1.29 is 24.8 Å². The van der Waals surface area contributed by atoms with E-state index in [4.69, 9.17) is 32.7 Å². The van der Waals surface area contributed by atoms with E-state index in [-0.39, 0.29) is 12.4 Å². The number of aromatic hydroxyl groups is 1. The molecule has 0 aliphatic heterocycles. The van der Waals surface area contributed by atoms with Crippen molar-refractivity contribution in [3.63, 3.8) is 0 Å². The molecule has 0 radical (unpaired) electrons. The summed E-state index contributed by atoms with van der Waals surface area (Å²) in [5.41, 5.74) is 1.89. The minimum Gasteiger partial charge on any atom is -0.508 e. The quantitative estimate of drug-likeness (QED) is 0.259. The number of phenols is 1. The molecule has 1 atom stereocenters. The van der Waals surface area contributed by atoms with Gasteiger partial charge in [0.15, 0.2) is 0 Å². The second-order valence-corrected chi connectivity index (χ2v) is 8.36. The zero-order valence-corrected chi connectivity index (χ0v) is 19.7. The number of hydrogen-bond donors (Lipinski definition) is 4. The summed E-state index contributed by atoms with van der Waals surface area (Å²) in [6.07, 6.45) is 3.51. The Labute approximate surface area is 200 Å². The molecule has 32 heavy (non-hydrogen) atoms. The maximum atomic E-state index is 10.2. The number of ether oxygens (including phenoxy) is 2. The third kappa shape index (κ3) is 9.63. The van der Waals surface area contributed by atoms with Crippen LogP contribution in [0.3, 0.4) is 0 Å². The predicted molar refractivity (Wildman–Crippen MR) is 127 cm³/mol. The van der Waals surface area contributed by atoms with Crippen LogP contribution in [0.15, 0.2) is 36.4 Å². The average Bonchev–Trinajstić information content (AvgIpc) is 2.78. The van der Waals surface area contributed by atoms with E-state index < -0.39 is 6.10 Å². The molecule has 4 N–H and O–H groups in total. The van der Waals surface area contributed by atoms with Gasteiger partial charge in [-0.3, -0.25) is 0 Å². The SMILES string of the molecule is OCc1cc([C@H](O)CNCCCCCCOCCOCc2c(Cl)cccc2Cl)ccc1O.